The number of aliphatic hydroxyl groups excluding tert-OH is 2. The van der Waals surface area contributed by atoms with Crippen LogP contribution in [0.3, 0.4) is 0 Å². The van der Waals surface area contributed by atoms with Crippen molar-refractivity contribution < 1.29 is 23.4 Å². The van der Waals surface area contributed by atoms with E-state index in [1.54, 1.807) is 18.2 Å². The second kappa shape index (κ2) is 5.90. The van der Waals surface area contributed by atoms with E-state index in [1.165, 1.54) is 17.0 Å². The van der Waals surface area contributed by atoms with Crippen molar-refractivity contribution in [3.05, 3.63) is 30.3 Å². The van der Waals surface area contributed by atoms with Gasteiger partial charge in [-0.3, -0.25) is 4.79 Å². The topological polar surface area (TPSA) is 94.9 Å². The lowest BCUT2D eigenvalue weighted by Crippen LogP contribution is -2.31. The Bertz CT molecular complexity index is 562. The number of sulfone groups is 1. The predicted molar refractivity (Wildman–Crippen MR) is 71.7 cm³/mol. The maximum absolute atomic E-state index is 12.0. The van der Waals surface area contributed by atoms with Gasteiger partial charge in [0.15, 0.2) is 9.84 Å². The Morgan fingerprint density at radius 1 is 1.15 bits per heavy atom. The number of nitrogens with zero attached hydrogens (tertiary/aromatic N) is 1. The van der Waals surface area contributed by atoms with E-state index in [2.05, 4.69) is 0 Å². The molecule has 7 heteroatoms. The van der Waals surface area contributed by atoms with Crippen molar-refractivity contribution >= 4 is 15.7 Å². The Hall–Kier alpha value is -1.44. The lowest BCUT2D eigenvalue weighted by molar-refractivity contribution is -0.130. The average Bonchev–Trinajstić information content (AvgIpc) is 2.77. The largest absolute Gasteiger partial charge is 0.388 e. The summed E-state index contributed by atoms with van der Waals surface area (Å²) in [6.45, 7) is 0.0940. The summed E-state index contributed by atoms with van der Waals surface area (Å²) >= 11 is 0. The zero-order valence-corrected chi connectivity index (χ0v) is 11.7. The summed E-state index contributed by atoms with van der Waals surface area (Å²) in [5.74, 6) is -0.654. The number of rotatable bonds is 4. The lowest BCUT2D eigenvalue weighted by Gasteiger charge is -2.15. The fourth-order valence-electron chi connectivity index (χ4n) is 2.10. The normalized spacial score (nSPS) is 23.0. The van der Waals surface area contributed by atoms with E-state index >= 15 is 0 Å². The van der Waals surface area contributed by atoms with Gasteiger partial charge in [0.25, 0.3) is 0 Å². The molecule has 0 bridgehead atoms. The molecule has 110 valence electrons. The Balaban J connectivity index is 1.94. The van der Waals surface area contributed by atoms with Crippen LogP contribution in [0.5, 0.6) is 0 Å². The minimum absolute atomic E-state index is 0.0470. The van der Waals surface area contributed by atoms with Crippen LogP contribution in [0.1, 0.15) is 6.42 Å². The van der Waals surface area contributed by atoms with Gasteiger partial charge in [-0.05, 0) is 12.1 Å². The van der Waals surface area contributed by atoms with Crippen molar-refractivity contribution in [2.75, 3.05) is 18.8 Å². The molecule has 1 aromatic carbocycles. The third-order valence-corrected chi connectivity index (χ3v) is 5.03. The summed E-state index contributed by atoms with van der Waals surface area (Å²) in [6, 6.07) is 7.95. The Kier molecular flexibility index (Phi) is 4.42. The van der Waals surface area contributed by atoms with Crippen LogP contribution in [-0.2, 0) is 14.6 Å². The van der Waals surface area contributed by atoms with Crippen LogP contribution in [0.4, 0.5) is 0 Å². The molecule has 1 aliphatic heterocycles. The first kappa shape index (κ1) is 15.0. The van der Waals surface area contributed by atoms with Crippen molar-refractivity contribution in [3.8, 4) is 0 Å². The average molecular weight is 299 g/mol. The van der Waals surface area contributed by atoms with Gasteiger partial charge in [0.05, 0.1) is 22.9 Å². The molecule has 1 saturated heterocycles. The van der Waals surface area contributed by atoms with Crippen LogP contribution >= 0.6 is 0 Å². The Morgan fingerprint density at radius 3 is 2.25 bits per heavy atom. The van der Waals surface area contributed by atoms with Gasteiger partial charge in [-0.2, -0.15) is 0 Å². The molecule has 0 unspecified atom stereocenters. The highest BCUT2D eigenvalue weighted by molar-refractivity contribution is 7.91. The van der Waals surface area contributed by atoms with E-state index in [9.17, 15) is 23.4 Å². The summed E-state index contributed by atoms with van der Waals surface area (Å²) in [6.07, 6.45) is -2.06. The Labute approximate surface area is 117 Å². The molecule has 0 aromatic heterocycles. The fourth-order valence-corrected chi connectivity index (χ4v) is 3.35. The SMILES string of the molecule is O=C(CCS(=O)(=O)c1ccccc1)N1C[C@@H](O)[C@@H](O)C1. The first-order valence-corrected chi connectivity index (χ1v) is 7.97. The molecule has 2 rings (SSSR count). The number of carbonyl (C=O) groups excluding carboxylic acids is 1. The first-order chi connectivity index (χ1) is 9.40. The molecule has 1 fully saturated rings. The molecule has 0 radical (unpaired) electrons. The number of hydrogen-bond donors (Lipinski definition) is 2. The van der Waals surface area contributed by atoms with Gasteiger partial charge in [0.2, 0.25) is 5.91 Å². The smallest absolute Gasteiger partial charge is 0.223 e. The Morgan fingerprint density at radius 2 is 1.70 bits per heavy atom. The molecule has 1 amide bonds. The number of likely N-dealkylation sites (tertiary alicyclic amines) is 1. The summed E-state index contributed by atoms with van der Waals surface area (Å²) < 4.78 is 24.0. The van der Waals surface area contributed by atoms with Gasteiger partial charge in [-0.1, -0.05) is 18.2 Å². The number of β-amino-alcohol motifs (C(OH)–C–C–N with tert-alkyl or cyclic N) is 2. The minimum atomic E-state index is -3.48. The van der Waals surface area contributed by atoms with Crippen LogP contribution in [-0.4, -0.2) is 60.5 Å². The second-order valence-electron chi connectivity index (χ2n) is 4.82. The zero-order valence-electron chi connectivity index (χ0n) is 10.8. The minimum Gasteiger partial charge on any atom is -0.388 e. The van der Waals surface area contributed by atoms with Crippen molar-refractivity contribution in [1.29, 1.82) is 0 Å². The number of carbonyl (C=O) groups is 1. The molecule has 2 N–H and O–H groups in total. The van der Waals surface area contributed by atoms with Gasteiger partial charge in [0.1, 0.15) is 0 Å². The maximum atomic E-state index is 12.0. The summed E-state index contributed by atoms with van der Waals surface area (Å²) in [5.41, 5.74) is 0. The molecule has 1 heterocycles. The van der Waals surface area contributed by atoms with Crippen LogP contribution in [0.15, 0.2) is 35.2 Å². The van der Waals surface area contributed by atoms with Gasteiger partial charge >= 0.3 is 0 Å². The lowest BCUT2D eigenvalue weighted by atomic mass is 10.3. The van der Waals surface area contributed by atoms with E-state index in [-0.39, 0.29) is 36.1 Å². The molecule has 1 aliphatic rings. The van der Waals surface area contributed by atoms with E-state index in [0.29, 0.717) is 0 Å². The summed E-state index contributed by atoms with van der Waals surface area (Å²) in [7, 11) is -3.48. The summed E-state index contributed by atoms with van der Waals surface area (Å²) in [4.78, 5) is 13.3. The van der Waals surface area contributed by atoms with E-state index in [4.69, 9.17) is 0 Å². The molecule has 20 heavy (non-hydrogen) atoms. The van der Waals surface area contributed by atoms with Crippen molar-refractivity contribution in [1.82, 2.24) is 4.90 Å². The zero-order chi connectivity index (χ0) is 14.8. The molecular weight excluding hydrogens is 282 g/mol. The fraction of sp³-hybridized carbons (Fsp3) is 0.462. The van der Waals surface area contributed by atoms with E-state index < -0.39 is 22.0 Å². The molecule has 6 nitrogen and oxygen atoms in total. The third kappa shape index (κ3) is 3.36. The van der Waals surface area contributed by atoms with Crippen LogP contribution in [0.25, 0.3) is 0 Å². The van der Waals surface area contributed by atoms with Crippen LogP contribution < -0.4 is 0 Å². The second-order valence-corrected chi connectivity index (χ2v) is 6.92. The standard InChI is InChI=1S/C13H17NO5S/c15-11-8-14(9-12(11)16)13(17)6-7-20(18,19)10-4-2-1-3-5-10/h1-5,11-12,15-16H,6-9H2/t11-,12+. The molecule has 0 spiro atoms. The van der Waals surface area contributed by atoms with Gasteiger partial charge in [-0.15, -0.1) is 0 Å². The van der Waals surface area contributed by atoms with Gasteiger partial charge < -0.3 is 15.1 Å². The predicted octanol–water partition coefficient (Wildman–Crippen LogP) is -0.586. The number of hydrogen-bond acceptors (Lipinski definition) is 5. The number of amides is 1. The monoisotopic (exact) mass is 299 g/mol. The number of benzene rings is 1. The van der Waals surface area contributed by atoms with Gasteiger partial charge in [0, 0.05) is 19.5 Å². The van der Waals surface area contributed by atoms with Crippen LogP contribution in [0, 0.1) is 0 Å². The molecule has 2 atom stereocenters. The quantitative estimate of drug-likeness (QED) is 0.775. The first-order valence-electron chi connectivity index (χ1n) is 6.32. The number of aliphatic hydroxyl groups is 2. The maximum Gasteiger partial charge on any atom is 0.223 e. The molecule has 0 aliphatic carbocycles. The summed E-state index contributed by atoms with van der Waals surface area (Å²) in [5, 5.41) is 18.7. The van der Waals surface area contributed by atoms with Crippen molar-refractivity contribution in [2.24, 2.45) is 0 Å². The van der Waals surface area contributed by atoms with E-state index in [1.807, 2.05) is 0 Å². The highest BCUT2D eigenvalue weighted by Gasteiger charge is 2.32. The van der Waals surface area contributed by atoms with Crippen LogP contribution in [0.2, 0.25) is 0 Å². The highest BCUT2D eigenvalue weighted by Crippen LogP contribution is 2.14. The third-order valence-electron chi connectivity index (χ3n) is 3.30. The van der Waals surface area contributed by atoms with Crippen molar-refractivity contribution in [2.45, 2.75) is 23.5 Å². The van der Waals surface area contributed by atoms with Gasteiger partial charge in [-0.25, -0.2) is 8.42 Å². The molecular formula is C13H17NO5S. The van der Waals surface area contributed by atoms with Crippen molar-refractivity contribution in [3.63, 3.8) is 0 Å². The molecule has 0 saturated carbocycles. The molecule has 1 aromatic rings. The highest BCUT2D eigenvalue weighted by atomic mass is 32.2. The van der Waals surface area contributed by atoms with E-state index in [0.717, 1.165) is 0 Å².